The summed E-state index contributed by atoms with van der Waals surface area (Å²) < 4.78 is 14.1. The molecule has 2 aromatic carbocycles. The number of thiophene rings is 1. The van der Waals surface area contributed by atoms with Gasteiger partial charge in [-0.05, 0) is 67.4 Å². The Morgan fingerprint density at radius 2 is 1.75 bits per heavy atom. The summed E-state index contributed by atoms with van der Waals surface area (Å²) in [4.78, 5) is 25.5. The van der Waals surface area contributed by atoms with Gasteiger partial charge in [-0.3, -0.25) is 9.59 Å². The van der Waals surface area contributed by atoms with Gasteiger partial charge >= 0.3 is 0 Å². The number of rotatable bonds is 4. The minimum Gasteiger partial charge on any atom is -0.321 e. The second kappa shape index (κ2) is 8.43. The Kier molecular flexibility index (Phi) is 6.17. The maximum Gasteiger partial charge on any atom is 0.266 e. The molecule has 144 valence electrons. The molecule has 4 nitrogen and oxygen atoms in total. The van der Waals surface area contributed by atoms with E-state index in [2.05, 4.69) is 26.6 Å². The summed E-state index contributed by atoms with van der Waals surface area (Å²) >= 11 is 10.5. The van der Waals surface area contributed by atoms with Crippen LogP contribution in [0.1, 0.15) is 31.2 Å². The molecule has 28 heavy (non-hydrogen) atoms. The average Bonchev–Trinajstić information content (AvgIpc) is 2.97. The molecule has 1 heterocycles. The summed E-state index contributed by atoms with van der Waals surface area (Å²) in [5, 5.41) is 6.11. The number of carbonyl (C=O) groups is 2. The van der Waals surface area contributed by atoms with Crippen LogP contribution < -0.4 is 10.6 Å². The number of benzene rings is 2. The highest BCUT2D eigenvalue weighted by Gasteiger charge is 2.17. The van der Waals surface area contributed by atoms with Crippen LogP contribution in [0.3, 0.4) is 0 Å². The van der Waals surface area contributed by atoms with E-state index in [4.69, 9.17) is 11.6 Å². The molecule has 3 aromatic rings. The van der Waals surface area contributed by atoms with Gasteiger partial charge < -0.3 is 10.6 Å². The van der Waals surface area contributed by atoms with Gasteiger partial charge in [0.15, 0.2) is 0 Å². The zero-order valence-electron chi connectivity index (χ0n) is 14.9. The molecule has 3 rings (SSSR count). The normalized spacial score (nSPS) is 10.6. The fourth-order valence-electron chi connectivity index (χ4n) is 2.57. The van der Waals surface area contributed by atoms with Crippen LogP contribution >= 0.6 is 38.9 Å². The molecule has 0 saturated heterocycles. The summed E-state index contributed by atoms with van der Waals surface area (Å²) in [6, 6.07) is 10.9. The summed E-state index contributed by atoms with van der Waals surface area (Å²) in [7, 11) is 0. The Balaban J connectivity index is 1.77. The van der Waals surface area contributed by atoms with E-state index in [0.717, 1.165) is 33.0 Å². The molecular formula is C20H15BrClFN2O2S. The van der Waals surface area contributed by atoms with Crippen molar-refractivity contribution in [1.82, 2.24) is 0 Å². The van der Waals surface area contributed by atoms with Gasteiger partial charge in [0.05, 0.1) is 20.5 Å². The maximum atomic E-state index is 13.2. The monoisotopic (exact) mass is 480 g/mol. The van der Waals surface area contributed by atoms with Gasteiger partial charge in [0, 0.05) is 10.2 Å². The number of amides is 2. The Hall–Kier alpha value is -2.22. The third-order valence-corrected chi connectivity index (χ3v) is 5.93. The first kappa shape index (κ1) is 20.5. The number of carbonyl (C=O) groups excluding carboxylic acids is 2. The SMILES string of the molecule is Cc1cc(Br)ccc1NC(=O)c1sc(NC(=O)c2ccc(F)cc2Cl)cc1C. The lowest BCUT2D eigenvalue weighted by molar-refractivity contribution is 0.102. The Morgan fingerprint density at radius 1 is 1.00 bits per heavy atom. The number of hydrogen-bond donors (Lipinski definition) is 2. The van der Waals surface area contributed by atoms with E-state index in [9.17, 15) is 14.0 Å². The summed E-state index contributed by atoms with van der Waals surface area (Å²) in [6.45, 7) is 3.69. The highest BCUT2D eigenvalue weighted by Crippen LogP contribution is 2.29. The quantitative estimate of drug-likeness (QED) is 0.451. The molecule has 0 fully saturated rings. The van der Waals surface area contributed by atoms with Crippen molar-refractivity contribution in [3.05, 3.63) is 79.3 Å². The molecule has 2 amide bonds. The van der Waals surface area contributed by atoms with Crippen LogP contribution in [0.5, 0.6) is 0 Å². The highest BCUT2D eigenvalue weighted by atomic mass is 79.9. The second-order valence-corrected chi connectivity index (χ2v) is 8.49. The number of nitrogens with one attached hydrogen (secondary N) is 2. The van der Waals surface area contributed by atoms with E-state index < -0.39 is 11.7 Å². The van der Waals surface area contributed by atoms with Gasteiger partial charge in [-0.15, -0.1) is 11.3 Å². The zero-order chi connectivity index (χ0) is 20.4. The molecule has 0 aliphatic rings. The number of halogens is 3. The van der Waals surface area contributed by atoms with E-state index in [0.29, 0.717) is 15.6 Å². The van der Waals surface area contributed by atoms with E-state index in [1.165, 1.54) is 12.1 Å². The molecule has 8 heteroatoms. The average molecular weight is 482 g/mol. The van der Waals surface area contributed by atoms with E-state index in [1.807, 2.05) is 25.1 Å². The smallest absolute Gasteiger partial charge is 0.266 e. The molecule has 0 radical (unpaired) electrons. The largest absolute Gasteiger partial charge is 0.321 e. The Morgan fingerprint density at radius 3 is 2.43 bits per heavy atom. The molecule has 0 atom stereocenters. The standard InChI is InChI=1S/C20H15BrClFN2O2S/c1-10-7-12(21)3-6-16(10)24-20(27)18-11(2)8-17(28-18)25-19(26)14-5-4-13(23)9-15(14)22/h3-9H,1-2H3,(H,24,27)(H,25,26). The number of anilines is 2. The third kappa shape index (κ3) is 4.60. The van der Waals surface area contributed by atoms with E-state index >= 15 is 0 Å². The van der Waals surface area contributed by atoms with Crippen molar-refractivity contribution >= 4 is 61.4 Å². The summed E-state index contributed by atoms with van der Waals surface area (Å²) in [6.07, 6.45) is 0. The van der Waals surface area contributed by atoms with Gasteiger partial charge in [-0.1, -0.05) is 27.5 Å². The van der Waals surface area contributed by atoms with Crippen LogP contribution in [0.2, 0.25) is 5.02 Å². The van der Waals surface area contributed by atoms with Gasteiger partial charge in [-0.2, -0.15) is 0 Å². The van der Waals surface area contributed by atoms with Crippen LogP contribution in [0.25, 0.3) is 0 Å². The molecule has 1 aromatic heterocycles. The topological polar surface area (TPSA) is 58.2 Å². The molecule has 0 aliphatic carbocycles. The van der Waals surface area contributed by atoms with Gasteiger partial charge in [0.1, 0.15) is 5.82 Å². The van der Waals surface area contributed by atoms with E-state index in [-0.39, 0.29) is 16.5 Å². The van der Waals surface area contributed by atoms with Crippen molar-refractivity contribution in [3.8, 4) is 0 Å². The van der Waals surface area contributed by atoms with Gasteiger partial charge in [0.25, 0.3) is 11.8 Å². The molecule has 0 spiro atoms. The lowest BCUT2D eigenvalue weighted by atomic mass is 10.2. The van der Waals surface area contributed by atoms with Gasteiger partial charge in [-0.25, -0.2) is 4.39 Å². The van der Waals surface area contributed by atoms with Crippen molar-refractivity contribution in [1.29, 1.82) is 0 Å². The van der Waals surface area contributed by atoms with Crippen LogP contribution in [-0.4, -0.2) is 11.8 Å². The molecule has 0 unspecified atom stereocenters. The fourth-order valence-corrected chi connectivity index (χ4v) is 4.26. The number of aryl methyl sites for hydroxylation is 2. The second-order valence-electron chi connectivity index (χ2n) is 6.11. The third-order valence-electron chi connectivity index (χ3n) is 3.97. The predicted molar refractivity (Wildman–Crippen MR) is 115 cm³/mol. The van der Waals surface area contributed by atoms with Crippen molar-refractivity contribution in [3.63, 3.8) is 0 Å². The van der Waals surface area contributed by atoms with Crippen molar-refractivity contribution < 1.29 is 14.0 Å². The molecular weight excluding hydrogens is 467 g/mol. The zero-order valence-corrected chi connectivity index (χ0v) is 18.1. The Bertz CT molecular complexity index is 1080. The Labute approximate surface area is 178 Å². The minimum absolute atomic E-state index is 0.0226. The fraction of sp³-hybridized carbons (Fsp3) is 0.100. The van der Waals surface area contributed by atoms with E-state index in [1.54, 1.807) is 13.0 Å². The lowest BCUT2D eigenvalue weighted by Gasteiger charge is -2.08. The molecule has 0 saturated carbocycles. The van der Waals surface area contributed by atoms with Crippen molar-refractivity contribution in [2.75, 3.05) is 10.6 Å². The lowest BCUT2D eigenvalue weighted by Crippen LogP contribution is -2.12. The minimum atomic E-state index is -0.518. The van der Waals surface area contributed by atoms with Gasteiger partial charge in [0.2, 0.25) is 0 Å². The number of hydrogen-bond acceptors (Lipinski definition) is 3. The maximum absolute atomic E-state index is 13.2. The molecule has 0 bridgehead atoms. The van der Waals surface area contributed by atoms with Crippen molar-refractivity contribution in [2.45, 2.75) is 13.8 Å². The predicted octanol–water partition coefficient (Wildman–Crippen LogP) is 6.42. The molecule has 0 aliphatic heterocycles. The summed E-state index contributed by atoms with van der Waals surface area (Å²) in [5.41, 5.74) is 2.53. The first-order chi connectivity index (χ1) is 13.2. The highest BCUT2D eigenvalue weighted by molar-refractivity contribution is 9.10. The van der Waals surface area contributed by atoms with Crippen LogP contribution in [0.4, 0.5) is 15.1 Å². The summed E-state index contributed by atoms with van der Waals surface area (Å²) in [5.74, 6) is -1.24. The molecule has 2 N–H and O–H groups in total. The van der Waals surface area contributed by atoms with Crippen LogP contribution in [0, 0.1) is 19.7 Å². The first-order valence-corrected chi connectivity index (χ1v) is 10.2. The first-order valence-electron chi connectivity index (χ1n) is 8.19. The van der Waals surface area contributed by atoms with Crippen LogP contribution in [-0.2, 0) is 0 Å². The van der Waals surface area contributed by atoms with Crippen molar-refractivity contribution in [2.24, 2.45) is 0 Å². The van der Waals surface area contributed by atoms with Crippen LogP contribution in [0.15, 0.2) is 46.9 Å².